The van der Waals surface area contributed by atoms with Gasteiger partial charge >= 0.3 is 12.0 Å². The predicted octanol–water partition coefficient (Wildman–Crippen LogP) is -0.334. The van der Waals surface area contributed by atoms with E-state index in [-0.39, 0.29) is 18.1 Å². The number of nitrogens with two attached hydrogens (primary N) is 1. The topological polar surface area (TPSA) is 114 Å². The fourth-order valence-corrected chi connectivity index (χ4v) is 3.91. The Morgan fingerprint density at radius 1 is 1.61 bits per heavy atom. The van der Waals surface area contributed by atoms with Crippen molar-refractivity contribution >= 4 is 23.8 Å². The molecule has 0 radical (unpaired) electrons. The molecule has 2 amide bonds. The van der Waals surface area contributed by atoms with Gasteiger partial charge in [-0.3, -0.25) is 4.89 Å². The van der Waals surface area contributed by atoms with Crippen LogP contribution in [0.3, 0.4) is 0 Å². The Morgan fingerprint density at radius 3 is 3.11 bits per heavy atom. The summed E-state index contributed by atoms with van der Waals surface area (Å²) in [5.74, 6) is 0.113. The van der Waals surface area contributed by atoms with Gasteiger partial charge in [-0.05, 0) is 12.8 Å². The van der Waals surface area contributed by atoms with E-state index in [1.54, 1.807) is 0 Å². The third-order valence-corrected chi connectivity index (χ3v) is 4.84. The number of thioether (sulfide) groups is 1. The molecule has 18 heavy (non-hydrogen) atoms. The molecule has 2 heterocycles. The molecule has 0 aromatic carbocycles. The van der Waals surface area contributed by atoms with Gasteiger partial charge in [0.05, 0.1) is 12.1 Å². The Labute approximate surface area is 109 Å². The summed E-state index contributed by atoms with van der Waals surface area (Å²) in [5.41, 5.74) is 5.52. The molecule has 0 bridgehead atoms. The molecule has 2 rings (SSSR count). The highest BCUT2D eigenvalue weighted by atomic mass is 32.2. The summed E-state index contributed by atoms with van der Waals surface area (Å²) >= 11 is 1.82. The lowest BCUT2D eigenvalue weighted by Crippen LogP contribution is -2.37. The zero-order chi connectivity index (χ0) is 13.1. The molecule has 0 aromatic heterocycles. The van der Waals surface area contributed by atoms with Crippen molar-refractivity contribution in [2.75, 3.05) is 5.75 Å². The highest BCUT2D eigenvalue weighted by molar-refractivity contribution is 8.00. The molecule has 2 aliphatic heterocycles. The first kappa shape index (κ1) is 13.4. The summed E-state index contributed by atoms with van der Waals surface area (Å²) in [7, 11) is 0. The fraction of sp³-hybridized carbons (Fsp3) is 0.800. The number of hydrogen-bond donors (Lipinski definition) is 4. The van der Waals surface area contributed by atoms with E-state index in [1.807, 2.05) is 11.8 Å². The lowest BCUT2D eigenvalue weighted by Gasteiger charge is -2.17. The maximum Gasteiger partial charge on any atom is 0.358 e. The van der Waals surface area contributed by atoms with Crippen molar-refractivity contribution in [1.82, 2.24) is 10.6 Å². The van der Waals surface area contributed by atoms with Crippen LogP contribution in [-0.2, 0) is 9.68 Å². The van der Waals surface area contributed by atoms with Gasteiger partial charge in [0.15, 0.2) is 0 Å². The molecular formula is C10H17N3O4S. The summed E-state index contributed by atoms with van der Waals surface area (Å²) in [6.45, 7) is 0. The zero-order valence-corrected chi connectivity index (χ0v) is 10.6. The first-order valence-electron chi connectivity index (χ1n) is 5.91. The number of amides is 2. The van der Waals surface area contributed by atoms with Crippen LogP contribution in [0.4, 0.5) is 4.79 Å². The van der Waals surface area contributed by atoms with Gasteiger partial charge in [-0.2, -0.15) is 17.0 Å². The molecule has 2 fully saturated rings. The van der Waals surface area contributed by atoms with Crippen LogP contribution < -0.4 is 16.4 Å². The normalized spacial score (nSPS) is 31.4. The number of fused-ring (bicyclic) bond motifs is 1. The van der Waals surface area contributed by atoms with Crippen molar-refractivity contribution < 1.29 is 19.7 Å². The van der Waals surface area contributed by atoms with E-state index in [1.165, 1.54) is 0 Å². The molecule has 0 saturated carbocycles. The summed E-state index contributed by atoms with van der Waals surface area (Å²) in [4.78, 5) is 25.6. The predicted molar refractivity (Wildman–Crippen MR) is 66.0 cm³/mol. The van der Waals surface area contributed by atoms with Crippen molar-refractivity contribution in [2.24, 2.45) is 5.73 Å². The van der Waals surface area contributed by atoms with E-state index in [9.17, 15) is 9.59 Å². The third-order valence-electron chi connectivity index (χ3n) is 3.33. The first-order chi connectivity index (χ1) is 8.61. The van der Waals surface area contributed by atoms with Gasteiger partial charge < -0.3 is 16.4 Å². The van der Waals surface area contributed by atoms with Gasteiger partial charge in [0.1, 0.15) is 6.04 Å². The Morgan fingerprint density at radius 2 is 2.39 bits per heavy atom. The second kappa shape index (κ2) is 5.77. The van der Waals surface area contributed by atoms with Crippen LogP contribution in [-0.4, -0.2) is 46.4 Å². The summed E-state index contributed by atoms with van der Waals surface area (Å²) in [5, 5.41) is 14.3. The van der Waals surface area contributed by atoms with Gasteiger partial charge in [0.2, 0.25) is 0 Å². The zero-order valence-electron chi connectivity index (χ0n) is 9.80. The van der Waals surface area contributed by atoms with Crippen molar-refractivity contribution in [1.29, 1.82) is 0 Å². The minimum Gasteiger partial charge on any atom is -0.332 e. The number of nitrogens with one attached hydrogen (secondary N) is 2. The largest absolute Gasteiger partial charge is 0.358 e. The van der Waals surface area contributed by atoms with Crippen LogP contribution >= 0.6 is 11.8 Å². The molecule has 8 heteroatoms. The van der Waals surface area contributed by atoms with Crippen molar-refractivity contribution in [3.8, 4) is 0 Å². The molecule has 7 nitrogen and oxygen atoms in total. The molecule has 2 aliphatic rings. The molecule has 102 valence electrons. The third kappa shape index (κ3) is 2.88. The van der Waals surface area contributed by atoms with Crippen LogP contribution in [0.2, 0.25) is 0 Å². The Kier molecular flexibility index (Phi) is 4.31. The van der Waals surface area contributed by atoms with Crippen molar-refractivity contribution in [2.45, 2.75) is 42.6 Å². The van der Waals surface area contributed by atoms with Crippen LogP contribution in [0.15, 0.2) is 0 Å². The lowest BCUT2D eigenvalue weighted by atomic mass is 10.0. The summed E-state index contributed by atoms with van der Waals surface area (Å²) in [6.07, 6.45) is 2.10. The van der Waals surface area contributed by atoms with Gasteiger partial charge in [-0.1, -0.05) is 6.42 Å². The highest BCUT2D eigenvalue weighted by Gasteiger charge is 2.42. The number of carbonyl (C=O) groups is 2. The molecule has 0 aliphatic carbocycles. The van der Waals surface area contributed by atoms with Gasteiger partial charge in [-0.15, -0.1) is 0 Å². The van der Waals surface area contributed by atoms with Crippen LogP contribution in [0, 0.1) is 0 Å². The molecule has 5 N–H and O–H groups in total. The van der Waals surface area contributed by atoms with Gasteiger partial charge in [-0.25, -0.2) is 9.59 Å². The number of rotatable bonds is 5. The number of hydrogen-bond acceptors (Lipinski definition) is 6. The van der Waals surface area contributed by atoms with E-state index in [0.717, 1.165) is 18.6 Å². The average molecular weight is 275 g/mol. The fourth-order valence-electron chi connectivity index (χ4n) is 2.37. The second-order valence-corrected chi connectivity index (χ2v) is 5.84. The second-order valence-electron chi connectivity index (χ2n) is 4.57. The van der Waals surface area contributed by atoms with Crippen molar-refractivity contribution in [3.05, 3.63) is 0 Å². The Bertz CT molecular complexity index is 341. The van der Waals surface area contributed by atoms with E-state index in [4.69, 9.17) is 11.0 Å². The molecule has 0 aromatic rings. The molecule has 4 atom stereocenters. The standard InChI is InChI=1S/C10H17N3O4S/c11-5(9(14)17-16)2-1-3-7-8-6(4-18-7)12-10(15)13-8/h5-8,16H,1-4,11H2,(H2,12,13,15)/t5?,6-,7-,8-/m0/s1. The summed E-state index contributed by atoms with van der Waals surface area (Å²) < 4.78 is 0. The maximum atomic E-state index is 11.2. The Hall–Kier alpha value is -0.990. The van der Waals surface area contributed by atoms with Gasteiger partial charge in [0, 0.05) is 11.0 Å². The monoisotopic (exact) mass is 275 g/mol. The maximum absolute atomic E-state index is 11.2. The van der Waals surface area contributed by atoms with Crippen LogP contribution in [0.5, 0.6) is 0 Å². The van der Waals surface area contributed by atoms with Crippen molar-refractivity contribution in [3.63, 3.8) is 0 Å². The molecule has 2 saturated heterocycles. The number of carbonyl (C=O) groups excluding carboxylic acids is 2. The quantitative estimate of drug-likeness (QED) is 0.310. The van der Waals surface area contributed by atoms with E-state index in [0.29, 0.717) is 11.7 Å². The summed E-state index contributed by atoms with van der Waals surface area (Å²) in [6, 6.07) is -0.503. The van der Waals surface area contributed by atoms with E-state index < -0.39 is 12.0 Å². The van der Waals surface area contributed by atoms with E-state index in [2.05, 4.69) is 15.5 Å². The first-order valence-corrected chi connectivity index (χ1v) is 6.96. The molecule has 1 unspecified atom stereocenters. The SMILES string of the molecule is NC(CCC[C@@H]1SC[C@@H]2NC(=O)N[C@@H]21)C(=O)OO. The number of urea groups is 1. The lowest BCUT2D eigenvalue weighted by molar-refractivity contribution is -0.235. The average Bonchev–Trinajstić information content (AvgIpc) is 2.88. The Balaban J connectivity index is 1.71. The minimum atomic E-state index is -0.803. The van der Waals surface area contributed by atoms with Crippen LogP contribution in [0.25, 0.3) is 0 Å². The molecule has 0 spiro atoms. The minimum absolute atomic E-state index is 0.101. The van der Waals surface area contributed by atoms with E-state index >= 15 is 0 Å². The molecular weight excluding hydrogens is 258 g/mol. The van der Waals surface area contributed by atoms with Crippen LogP contribution in [0.1, 0.15) is 19.3 Å². The smallest absolute Gasteiger partial charge is 0.332 e. The van der Waals surface area contributed by atoms with Gasteiger partial charge in [0.25, 0.3) is 0 Å². The highest BCUT2D eigenvalue weighted by Crippen LogP contribution is 2.33.